The van der Waals surface area contributed by atoms with E-state index in [1.54, 1.807) is 7.11 Å². The van der Waals surface area contributed by atoms with Crippen molar-refractivity contribution in [2.24, 2.45) is 0 Å². The van der Waals surface area contributed by atoms with Crippen molar-refractivity contribution >= 4 is 27.5 Å². The Kier molecular flexibility index (Phi) is 4.77. The second kappa shape index (κ2) is 6.12. The predicted octanol–water partition coefficient (Wildman–Crippen LogP) is 3.74. The maximum atomic E-state index is 6.14. The first kappa shape index (κ1) is 13.2. The van der Waals surface area contributed by atoms with Crippen LogP contribution >= 0.6 is 27.5 Å². The summed E-state index contributed by atoms with van der Waals surface area (Å²) in [6.45, 7) is 0.627. The van der Waals surface area contributed by atoms with Crippen LogP contribution in [0.5, 0.6) is 0 Å². The first-order valence-electron chi connectivity index (χ1n) is 5.93. The van der Waals surface area contributed by atoms with Crippen molar-refractivity contribution in [3.8, 4) is 0 Å². The first-order chi connectivity index (χ1) is 8.22. The van der Waals surface area contributed by atoms with E-state index in [-0.39, 0.29) is 0 Å². The second-order valence-electron chi connectivity index (χ2n) is 4.35. The van der Waals surface area contributed by atoms with Crippen molar-refractivity contribution in [2.75, 3.05) is 13.7 Å². The van der Waals surface area contributed by atoms with Crippen LogP contribution in [0.4, 0.5) is 0 Å². The van der Waals surface area contributed by atoms with Gasteiger partial charge in [0.2, 0.25) is 0 Å². The van der Waals surface area contributed by atoms with E-state index in [1.165, 1.54) is 25.7 Å². The fraction of sp³-hybridized carbons (Fsp3) is 0.667. The highest BCUT2D eigenvalue weighted by Crippen LogP contribution is 2.38. The lowest BCUT2D eigenvalue weighted by Gasteiger charge is -2.13. The zero-order valence-corrected chi connectivity index (χ0v) is 12.2. The highest BCUT2D eigenvalue weighted by Gasteiger charge is 2.23. The molecule has 2 rings (SSSR count). The number of rotatable bonds is 4. The Morgan fingerprint density at radius 2 is 2.06 bits per heavy atom. The maximum absolute atomic E-state index is 6.14. The van der Waals surface area contributed by atoms with E-state index in [0.717, 1.165) is 16.0 Å². The van der Waals surface area contributed by atoms with E-state index in [2.05, 4.69) is 25.9 Å². The van der Waals surface area contributed by atoms with Crippen molar-refractivity contribution in [3.05, 3.63) is 21.1 Å². The van der Waals surface area contributed by atoms with E-state index in [1.807, 2.05) is 0 Å². The molecule has 1 aliphatic rings. The molecule has 5 heteroatoms. The molecule has 3 nitrogen and oxygen atoms in total. The average Bonchev–Trinajstić information content (AvgIpc) is 2.84. The van der Waals surface area contributed by atoms with Crippen LogP contribution < -0.4 is 0 Å². The van der Waals surface area contributed by atoms with Gasteiger partial charge >= 0.3 is 0 Å². The zero-order valence-electron chi connectivity index (χ0n) is 9.88. The molecule has 0 aromatic carbocycles. The van der Waals surface area contributed by atoms with Gasteiger partial charge in [-0.15, -0.1) is 0 Å². The third kappa shape index (κ3) is 3.18. The number of aromatic nitrogens is 2. The van der Waals surface area contributed by atoms with E-state index in [0.29, 0.717) is 24.1 Å². The van der Waals surface area contributed by atoms with Crippen LogP contribution in [0.25, 0.3) is 0 Å². The molecular weight excluding hydrogens is 304 g/mol. The van der Waals surface area contributed by atoms with Gasteiger partial charge in [0.05, 0.1) is 16.8 Å². The minimum Gasteiger partial charge on any atom is -0.384 e. The van der Waals surface area contributed by atoms with E-state index < -0.39 is 0 Å². The van der Waals surface area contributed by atoms with Crippen LogP contribution in [-0.2, 0) is 11.2 Å². The van der Waals surface area contributed by atoms with Crippen LogP contribution in [0.1, 0.15) is 43.1 Å². The van der Waals surface area contributed by atoms with Gasteiger partial charge in [-0.1, -0.05) is 24.4 Å². The highest BCUT2D eigenvalue weighted by atomic mass is 79.9. The van der Waals surface area contributed by atoms with E-state index >= 15 is 0 Å². The van der Waals surface area contributed by atoms with E-state index in [4.69, 9.17) is 16.3 Å². The monoisotopic (exact) mass is 318 g/mol. The lowest BCUT2D eigenvalue weighted by atomic mass is 10.0. The number of nitrogens with zero attached hydrogens (tertiary/aromatic N) is 2. The predicted molar refractivity (Wildman–Crippen MR) is 71.5 cm³/mol. The number of hydrogen-bond acceptors (Lipinski definition) is 3. The molecule has 0 radical (unpaired) electrons. The summed E-state index contributed by atoms with van der Waals surface area (Å²) >= 11 is 9.64. The van der Waals surface area contributed by atoms with Gasteiger partial charge < -0.3 is 4.74 Å². The normalized spacial score (nSPS) is 16.6. The molecule has 0 atom stereocenters. The van der Waals surface area contributed by atoms with Crippen molar-refractivity contribution in [1.82, 2.24) is 9.97 Å². The molecule has 1 fully saturated rings. The SMILES string of the molecule is COCCc1nc(Cl)c(Br)c(C2CCCC2)n1. The Morgan fingerprint density at radius 1 is 1.35 bits per heavy atom. The quantitative estimate of drug-likeness (QED) is 0.793. The third-order valence-electron chi connectivity index (χ3n) is 3.15. The smallest absolute Gasteiger partial charge is 0.147 e. The topological polar surface area (TPSA) is 35.0 Å². The lowest BCUT2D eigenvalue weighted by molar-refractivity contribution is 0.200. The van der Waals surface area contributed by atoms with Gasteiger partial charge in [-0.05, 0) is 28.8 Å². The van der Waals surface area contributed by atoms with Gasteiger partial charge in [-0.2, -0.15) is 0 Å². The Bertz CT molecular complexity index is 394. The second-order valence-corrected chi connectivity index (χ2v) is 5.51. The third-order valence-corrected chi connectivity index (χ3v) is 4.44. The van der Waals surface area contributed by atoms with Crippen molar-refractivity contribution < 1.29 is 4.74 Å². The molecule has 1 aromatic heterocycles. The van der Waals surface area contributed by atoms with Gasteiger partial charge in [0.15, 0.2) is 0 Å². The summed E-state index contributed by atoms with van der Waals surface area (Å²) in [5.41, 5.74) is 1.08. The maximum Gasteiger partial charge on any atom is 0.147 e. The molecule has 0 aliphatic heterocycles. The fourth-order valence-corrected chi connectivity index (χ4v) is 2.95. The molecule has 0 bridgehead atoms. The molecule has 17 heavy (non-hydrogen) atoms. The van der Waals surface area contributed by atoms with Gasteiger partial charge in [-0.25, -0.2) is 9.97 Å². The molecule has 1 heterocycles. The zero-order chi connectivity index (χ0) is 12.3. The summed E-state index contributed by atoms with van der Waals surface area (Å²) in [7, 11) is 1.68. The summed E-state index contributed by atoms with van der Waals surface area (Å²) in [4.78, 5) is 8.90. The molecule has 94 valence electrons. The Morgan fingerprint density at radius 3 is 2.71 bits per heavy atom. The van der Waals surface area contributed by atoms with Crippen LogP contribution in [0.2, 0.25) is 5.15 Å². The molecule has 1 aromatic rings. The standard InChI is InChI=1S/C12H16BrClN2O/c1-17-7-6-9-15-11(8-4-2-3-5-8)10(13)12(14)16-9/h8H,2-7H2,1H3. The Labute approximate surface area is 115 Å². The minimum absolute atomic E-state index is 0.521. The van der Waals surface area contributed by atoms with Gasteiger partial charge in [0.25, 0.3) is 0 Å². The van der Waals surface area contributed by atoms with Crippen LogP contribution in [-0.4, -0.2) is 23.7 Å². The first-order valence-corrected chi connectivity index (χ1v) is 7.10. The Hall–Kier alpha value is -0.190. The van der Waals surface area contributed by atoms with Crippen LogP contribution in [0, 0.1) is 0 Å². The highest BCUT2D eigenvalue weighted by molar-refractivity contribution is 9.10. The molecule has 0 amide bonds. The van der Waals surface area contributed by atoms with Crippen molar-refractivity contribution in [1.29, 1.82) is 0 Å². The number of hydrogen-bond donors (Lipinski definition) is 0. The largest absolute Gasteiger partial charge is 0.384 e. The van der Waals surface area contributed by atoms with E-state index in [9.17, 15) is 0 Å². The molecule has 1 aliphatic carbocycles. The molecule has 0 spiro atoms. The average molecular weight is 320 g/mol. The summed E-state index contributed by atoms with van der Waals surface area (Å²) in [5.74, 6) is 1.31. The van der Waals surface area contributed by atoms with Crippen molar-refractivity contribution in [2.45, 2.75) is 38.0 Å². The molecule has 1 saturated carbocycles. The molecular formula is C12H16BrClN2O. The molecule has 0 unspecified atom stereocenters. The van der Waals surface area contributed by atoms with Gasteiger partial charge in [0, 0.05) is 19.4 Å². The number of methoxy groups -OCH3 is 1. The fourth-order valence-electron chi connectivity index (χ4n) is 2.26. The molecule has 0 N–H and O–H groups in total. The summed E-state index contributed by atoms with van der Waals surface area (Å²) in [5, 5.41) is 0.521. The number of ether oxygens (including phenoxy) is 1. The van der Waals surface area contributed by atoms with Gasteiger partial charge in [0.1, 0.15) is 11.0 Å². The Balaban J connectivity index is 2.25. The van der Waals surface area contributed by atoms with Crippen molar-refractivity contribution in [3.63, 3.8) is 0 Å². The summed E-state index contributed by atoms with van der Waals surface area (Å²) < 4.78 is 5.91. The lowest BCUT2D eigenvalue weighted by Crippen LogP contribution is -2.07. The minimum atomic E-state index is 0.521. The summed E-state index contributed by atoms with van der Waals surface area (Å²) in [6, 6.07) is 0. The van der Waals surface area contributed by atoms with Gasteiger partial charge in [-0.3, -0.25) is 0 Å². The summed E-state index contributed by atoms with van der Waals surface area (Å²) in [6.07, 6.45) is 5.69. The van der Waals surface area contributed by atoms with Crippen LogP contribution in [0.3, 0.4) is 0 Å². The molecule has 0 saturated heterocycles. The van der Waals surface area contributed by atoms with Crippen LogP contribution in [0.15, 0.2) is 4.47 Å². The number of halogens is 2.